The first-order valence-electron chi connectivity index (χ1n) is 6.27. The highest BCUT2D eigenvalue weighted by molar-refractivity contribution is 5.39. The molecule has 0 bridgehead atoms. The minimum atomic E-state index is 0.131. The van der Waals surface area contributed by atoms with Crippen LogP contribution in [0, 0.1) is 5.92 Å². The summed E-state index contributed by atoms with van der Waals surface area (Å²) in [6.07, 6.45) is 4.96. The average molecular weight is 238 g/mol. The molecule has 5 nitrogen and oxygen atoms in total. The summed E-state index contributed by atoms with van der Waals surface area (Å²) < 4.78 is 1.77. The summed E-state index contributed by atoms with van der Waals surface area (Å²) in [6, 6.07) is 0.526. The summed E-state index contributed by atoms with van der Waals surface area (Å²) in [4.78, 5) is 2.37. The van der Waals surface area contributed by atoms with Crippen LogP contribution in [0.4, 0.5) is 5.69 Å². The molecule has 96 valence electrons. The molecule has 5 heteroatoms. The van der Waals surface area contributed by atoms with E-state index in [9.17, 15) is 0 Å². The zero-order valence-electron chi connectivity index (χ0n) is 10.6. The zero-order valence-corrected chi connectivity index (χ0v) is 10.6. The first-order valence-corrected chi connectivity index (χ1v) is 6.27. The van der Waals surface area contributed by atoms with Crippen LogP contribution in [0.25, 0.3) is 0 Å². The predicted molar refractivity (Wildman–Crippen MR) is 68.0 cm³/mol. The van der Waals surface area contributed by atoms with Crippen LogP contribution >= 0.6 is 0 Å². The third-order valence-corrected chi connectivity index (χ3v) is 3.42. The quantitative estimate of drug-likeness (QED) is 0.808. The summed E-state index contributed by atoms with van der Waals surface area (Å²) in [7, 11) is 2.17. The Morgan fingerprint density at radius 3 is 3.12 bits per heavy atom. The van der Waals surface area contributed by atoms with E-state index >= 15 is 0 Å². The van der Waals surface area contributed by atoms with Crippen LogP contribution in [-0.2, 0) is 6.54 Å². The van der Waals surface area contributed by atoms with E-state index in [1.54, 1.807) is 4.68 Å². The van der Waals surface area contributed by atoms with Crippen molar-refractivity contribution in [1.29, 1.82) is 0 Å². The van der Waals surface area contributed by atoms with E-state index in [1.807, 2.05) is 12.4 Å². The second-order valence-corrected chi connectivity index (χ2v) is 4.99. The smallest absolute Gasteiger partial charge is 0.0728 e. The molecule has 0 saturated carbocycles. The first-order chi connectivity index (χ1) is 8.19. The Bertz CT molecular complexity index is 352. The van der Waals surface area contributed by atoms with Gasteiger partial charge in [0.2, 0.25) is 0 Å². The van der Waals surface area contributed by atoms with Gasteiger partial charge in [0.25, 0.3) is 0 Å². The molecule has 2 rings (SSSR count). The van der Waals surface area contributed by atoms with E-state index in [0.29, 0.717) is 18.5 Å². The molecule has 1 aromatic heterocycles. The molecule has 0 amide bonds. The highest BCUT2D eigenvalue weighted by atomic mass is 16.3. The Balaban J connectivity index is 1.91. The fraction of sp³-hybridized carbons (Fsp3) is 0.750. The molecule has 1 aromatic rings. The lowest BCUT2D eigenvalue weighted by Gasteiger charge is -2.35. The Hall–Kier alpha value is -1.07. The highest BCUT2D eigenvalue weighted by Gasteiger charge is 2.24. The molecule has 1 fully saturated rings. The number of piperidine rings is 1. The summed E-state index contributed by atoms with van der Waals surface area (Å²) in [6.45, 7) is 5.26. The van der Waals surface area contributed by atoms with Gasteiger partial charge in [-0.25, -0.2) is 0 Å². The highest BCUT2D eigenvalue weighted by Crippen LogP contribution is 2.19. The molecule has 0 aromatic carbocycles. The van der Waals surface area contributed by atoms with Gasteiger partial charge < -0.3 is 15.3 Å². The van der Waals surface area contributed by atoms with Gasteiger partial charge in [-0.05, 0) is 25.9 Å². The Kier molecular flexibility index (Phi) is 4.02. The standard InChI is InChI=1S/C12H22N4O/c1-10-8-15(2)4-3-12(10)14-11-7-13-16(9-11)5-6-17/h7,9-10,12,14,17H,3-6,8H2,1-2H3. The van der Waals surface area contributed by atoms with Crippen LogP contribution in [0.5, 0.6) is 0 Å². The monoisotopic (exact) mass is 238 g/mol. The molecular weight excluding hydrogens is 216 g/mol. The van der Waals surface area contributed by atoms with Gasteiger partial charge in [0.05, 0.1) is 25.0 Å². The Morgan fingerprint density at radius 1 is 1.59 bits per heavy atom. The van der Waals surface area contributed by atoms with E-state index in [2.05, 4.69) is 29.3 Å². The van der Waals surface area contributed by atoms with E-state index in [0.717, 1.165) is 18.8 Å². The van der Waals surface area contributed by atoms with Crippen LogP contribution in [0.1, 0.15) is 13.3 Å². The van der Waals surface area contributed by atoms with E-state index in [4.69, 9.17) is 5.11 Å². The molecule has 1 aliphatic heterocycles. The van der Waals surface area contributed by atoms with Crippen molar-refractivity contribution in [2.24, 2.45) is 5.92 Å². The molecule has 2 heterocycles. The minimum absolute atomic E-state index is 0.131. The van der Waals surface area contributed by atoms with Crippen molar-refractivity contribution in [3.63, 3.8) is 0 Å². The number of rotatable bonds is 4. The largest absolute Gasteiger partial charge is 0.394 e. The number of aliphatic hydroxyl groups excluding tert-OH is 1. The molecular formula is C12H22N4O. The van der Waals surface area contributed by atoms with Crippen LogP contribution in [0.3, 0.4) is 0 Å². The van der Waals surface area contributed by atoms with Gasteiger partial charge in [0.15, 0.2) is 0 Å². The summed E-state index contributed by atoms with van der Waals surface area (Å²) in [5.74, 6) is 0.648. The van der Waals surface area contributed by atoms with Crippen molar-refractivity contribution in [2.45, 2.75) is 25.9 Å². The fourth-order valence-electron chi connectivity index (χ4n) is 2.45. The topological polar surface area (TPSA) is 53.3 Å². The number of nitrogens with one attached hydrogen (secondary N) is 1. The maximum atomic E-state index is 8.83. The van der Waals surface area contributed by atoms with Crippen LogP contribution in [0.2, 0.25) is 0 Å². The molecule has 2 unspecified atom stereocenters. The summed E-state index contributed by atoms with van der Waals surface area (Å²) >= 11 is 0. The summed E-state index contributed by atoms with van der Waals surface area (Å²) in [5, 5.41) is 16.6. The molecule has 2 atom stereocenters. The zero-order chi connectivity index (χ0) is 12.3. The van der Waals surface area contributed by atoms with Crippen molar-refractivity contribution in [3.8, 4) is 0 Å². The van der Waals surface area contributed by atoms with E-state index in [1.165, 1.54) is 6.42 Å². The van der Waals surface area contributed by atoms with Crippen molar-refractivity contribution in [1.82, 2.24) is 14.7 Å². The van der Waals surface area contributed by atoms with Gasteiger partial charge in [-0.1, -0.05) is 6.92 Å². The second-order valence-electron chi connectivity index (χ2n) is 4.99. The third kappa shape index (κ3) is 3.20. The second kappa shape index (κ2) is 5.51. The van der Waals surface area contributed by atoms with Crippen molar-refractivity contribution < 1.29 is 5.11 Å². The summed E-state index contributed by atoms with van der Waals surface area (Å²) in [5.41, 5.74) is 1.06. The van der Waals surface area contributed by atoms with Crippen molar-refractivity contribution in [2.75, 3.05) is 32.1 Å². The van der Waals surface area contributed by atoms with Crippen molar-refractivity contribution >= 4 is 5.69 Å². The van der Waals surface area contributed by atoms with Crippen LogP contribution in [0.15, 0.2) is 12.4 Å². The predicted octanol–water partition coefficient (Wildman–Crippen LogP) is 0.627. The number of anilines is 1. The number of hydrogen-bond donors (Lipinski definition) is 2. The molecule has 17 heavy (non-hydrogen) atoms. The molecule has 1 aliphatic rings. The lowest BCUT2D eigenvalue weighted by Crippen LogP contribution is -2.43. The van der Waals surface area contributed by atoms with Crippen LogP contribution < -0.4 is 5.32 Å². The lowest BCUT2D eigenvalue weighted by molar-refractivity contribution is 0.206. The maximum Gasteiger partial charge on any atom is 0.0728 e. The number of hydrogen-bond acceptors (Lipinski definition) is 4. The molecule has 0 aliphatic carbocycles. The molecule has 0 spiro atoms. The SMILES string of the molecule is CC1CN(C)CCC1Nc1cnn(CCO)c1. The van der Waals surface area contributed by atoms with Gasteiger partial charge in [-0.15, -0.1) is 0 Å². The minimum Gasteiger partial charge on any atom is -0.394 e. The van der Waals surface area contributed by atoms with Crippen molar-refractivity contribution in [3.05, 3.63) is 12.4 Å². The van der Waals surface area contributed by atoms with Crippen LogP contribution in [-0.4, -0.2) is 52.6 Å². The van der Waals surface area contributed by atoms with Gasteiger partial charge in [0, 0.05) is 18.8 Å². The number of aromatic nitrogens is 2. The Labute approximate surface area is 102 Å². The molecule has 0 radical (unpaired) electrons. The fourth-order valence-corrected chi connectivity index (χ4v) is 2.45. The number of aliphatic hydroxyl groups is 1. The van der Waals surface area contributed by atoms with Gasteiger partial charge in [-0.3, -0.25) is 4.68 Å². The van der Waals surface area contributed by atoms with E-state index < -0.39 is 0 Å². The Morgan fingerprint density at radius 2 is 2.41 bits per heavy atom. The third-order valence-electron chi connectivity index (χ3n) is 3.42. The number of nitrogens with zero attached hydrogens (tertiary/aromatic N) is 3. The van der Waals surface area contributed by atoms with Gasteiger partial charge >= 0.3 is 0 Å². The molecule has 1 saturated heterocycles. The first kappa shape index (κ1) is 12.4. The lowest BCUT2D eigenvalue weighted by atomic mass is 9.94. The normalized spacial score (nSPS) is 26.1. The van der Waals surface area contributed by atoms with Gasteiger partial charge in [-0.2, -0.15) is 5.10 Å². The average Bonchev–Trinajstić information content (AvgIpc) is 2.71. The van der Waals surface area contributed by atoms with Gasteiger partial charge in [0.1, 0.15) is 0 Å². The molecule has 2 N–H and O–H groups in total. The maximum absolute atomic E-state index is 8.83. The van der Waals surface area contributed by atoms with E-state index in [-0.39, 0.29) is 6.61 Å². The number of likely N-dealkylation sites (tertiary alicyclic amines) is 1.